The van der Waals surface area contributed by atoms with Crippen LogP contribution in [0, 0.1) is 28.8 Å². The van der Waals surface area contributed by atoms with E-state index in [1.165, 1.54) is 12.4 Å². The van der Waals surface area contributed by atoms with Crippen LogP contribution in [0.15, 0.2) is 24.5 Å². The molecule has 2 rings (SSSR count). The molecule has 0 radical (unpaired) electrons. The molecule has 2 aromatic rings. The average Bonchev–Trinajstić information content (AvgIpc) is 2.36. The maximum Gasteiger partial charge on any atom is 0.183 e. The highest BCUT2D eigenvalue weighted by Gasteiger charge is 2.12. The molecule has 0 saturated carbocycles. The molecule has 0 atom stereocenters. The zero-order valence-electron chi connectivity index (χ0n) is 8.78. The van der Waals surface area contributed by atoms with Gasteiger partial charge in [-0.15, -0.1) is 0 Å². The van der Waals surface area contributed by atoms with Gasteiger partial charge in [0.25, 0.3) is 0 Å². The van der Waals surface area contributed by atoms with Crippen molar-refractivity contribution in [3.63, 3.8) is 0 Å². The lowest BCUT2D eigenvalue weighted by Gasteiger charge is -2.07. The first-order valence-corrected chi connectivity index (χ1v) is 4.74. The summed E-state index contributed by atoms with van der Waals surface area (Å²) < 4.78 is 39.0. The van der Waals surface area contributed by atoms with E-state index >= 15 is 0 Å². The maximum absolute atomic E-state index is 13.4. The van der Waals surface area contributed by atoms with Gasteiger partial charge in [-0.2, -0.15) is 5.26 Å². The van der Waals surface area contributed by atoms with Gasteiger partial charge in [-0.25, -0.2) is 23.1 Å². The molecule has 0 fully saturated rings. The number of nitriles is 1. The van der Waals surface area contributed by atoms with Gasteiger partial charge in [0.2, 0.25) is 0 Å². The van der Waals surface area contributed by atoms with Crippen molar-refractivity contribution in [2.75, 3.05) is 5.32 Å². The highest BCUT2D eigenvalue weighted by Crippen LogP contribution is 2.22. The second-order valence-electron chi connectivity index (χ2n) is 3.24. The van der Waals surface area contributed by atoms with Crippen LogP contribution in [0.4, 0.5) is 24.7 Å². The molecule has 0 unspecified atom stereocenters. The number of benzene rings is 1. The highest BCUT2D eigenvalue weighted by molar-refractivity contribution is 5.61. The van der Waals surface area contributed by atoms with Crippen LogP contribution in [-0.4, -0.2) is 9.97 Å². The summed E-state index contributed by atoms with van der Waals surface area (Å²) in [6.07, 6.45) is 2.56. The van der Waals surface area contributed by atoms with Crippen LogP contribution in [0.2, 0.25) is 0 Å². The lowest BCUT2D eigenvalue weighted by molar-refractivity contribution is 0.496. The van der Waals surface area contributed by atoms with Crippen molar-refractivity contribution in [1.82, 2.24) is 9.97 Å². The van der Waals surface area contributed by atoms with Crippen LogP contribution in [0.1, 0.15) is 5.69 Å². The van der Waals surface area contributed by atoms with Crippen molar-refractivity contribution in [2.24, 2.45) is 0 Å². The van der Waals surface area contributed by atoms with E-state index in [-0.39, 0.29) is 17.2 Å². The topological polar surface area (TPSA) is 61.6 Å². The second-order valence-corrected chi connectivity index (χ2v) is 3.24. The number of anilines is 2. The molecule has 0 saturated heterocycles. The molecule has 1 N–H and O–H groups in total. The van der Waals surface area contributed by atoms with Crippen molar-refractivity contribution < 1.29 is 13.2 Å². The third kappa shape index (κ3) is 2.22. The van der Waals surface area contributed by atoms with Crippen LogP contribution in [-0.2, 0) is 0 Å². The molecule has 18 heavy (non-hydrogen) atoms. The Morgan fingerprint density at radius 2 is 1.67 bits per heavy atom. The van der Waals surface area contributed by atoms with Crippen molar-refractivity contribution in [3.8, 4) is 6.07 Å². The van der Waals surface area contributed by atoms with Gasteiger partial charge in [0.1, 0.15) is 11.9 Å². The standard InChI is InChI=1S/C11H5F3N4/c12-6-3-8(14)9(4-7(6)13)18-11-10(5-15)16-1-2-17-11/h1-4H,(H,17,18). The number of hydrogen-bond donors (Lipinski definition) is 1. The van der Waals surface area contributed by atoms with Crippen molar-refractivity contribution in [1.29, 1.82) is 5.26 Å². The summed E-state index contributed by atoms with van der Waals surface area (Å²) in [6.45, 7) is 0. The van der Waals surface area contributed by atoms with E-state index in [1.54, 1.807) is 6.07 Å². The van der Waals surface area contributed by atoms with Gasteiger partial charge in [-0.3, -0.25) is 0 Å². The van der Waals surface area contributed by atoms with E-state index in [2.05, 4.69) is 15.3 Å². The Balaban J connectivity index is 2.41. The Kier molecular flexibility index (Phi) is 3.10. The Labute approximate surface area is 99.7 Å². The predicted molar refractivity (Wildman–Crippen MR) is 56.3 cm³/mol. The minimum atomic E-state index is -1.29. The third-order valence-electron chi connectivity index (χ3n) is 2.07. The van der Waals surface area contributed by atoms with Crippen molar-refractivity contribution >= 4 is 11.5 Å². The van der Waals surface area contributed by atoms with Gasteiger partial charge in [-0.1, -0.05) is 0 Å². The number of hydrogen-bond acceptors (Lipinski definition) is 4. The monoisotopic (exact) mass is 250 g/mol. The first-order chi connectivity index (χ1) is 8.61. The summed E-state index contributed by atoms with van der Waals surface area (Å²) in [7, 11) is 0. The number of nitrogens with one attached hydrogen (secondary N) is 1. The van der Waals surface area contributed by atoms with Crippen LogP contribution < -0.4 is 5.32 Å². The third-order valence-corrected chi connectivity index (χ3v) is 2.07. The van der Waals surface area contributed by atoms with E-state index in [1.807, 2.05) is 0 Å². The van der Waals surface area contributed by atoms with Crippen LogP contribution in [0.25, 0.3) is 0 Å². The fraction of sp³-hybridized carbons (Fsp3) is 0. The highest BCUT2D eigenvalue weighted by atomic mass is 19.2. The number of rotatable bonds is 2. The Bertz CT molecular complexity index is 637. The quantitative estimate of drug-likeness (QED) is 0.832. The molecule has 4 nitrogen and oxygen atoms in total. The summed E-state index contributed by atoms with van der Waals surface area (Å²) >= 11 is 0. The maximum atomic E-state index is 13.4. The molecule has 0 aliphatic carbocycles. The van der Waals surface area contributed by atoms with E-state index in [9.17, 15) is 13.2 Å². The molecule has 0 aliphatic heterocycles. The minimum Gasteiger partial charge on any atom is -0.335 e. The second kappa shape index (κ2) is 4.71. The van der Waals surface area contributed by atoms with Gasteiger partial charge in [0, 0.05) is 24.5 Å². The van der Waals surface area contributed by atoms with E-state index < -0.39 is 17.5 Å². The van der Waals surface area contributed by atoms with Crippen molar-refractivity contribution in [2.45, 2.75) is 0 Å². The fourth-order valence-electron chi connectivity index (χ4n) is 1.26. The van der Waals surface area contributed by atoms with Crippen LogP contribution >= 0.6 is 0 Å². The fourth-order valence-corrected chi connectivity index (χ4v) is 1.26. The SMILES string of the molecule is N#Cc1nccnc1Nc1cc(F)c(F)cc1F. The largest absolute Gasteiger partial charge is 0.335 e. The Hall–Kier alpha value is -2.62. The van der Waals surface area contributed by atoms with Gasteiger partial charge >= 0.3 is 0 Å². The van der Waals surface area contributed by atoms with Crippen LogP contribution in [0.5, 0.6) is 0 Å². The molecule has 7 heteroatoms. The Morgan fingerprint density at radius 1 is 1.00 bits per heavy atom. The molecule has 0 spiro atoms. The summed E-state index contributed by atoms with van der Waals surface area (Å²) in [5.41, 5.74) is -0.410. The van der Waals surface area contributed by atoms with Gasteiger partial charge < -0.3 is 5.32 Å². The molecular formula is C11H5F3N4. The minimum absolute atomic E-state index is 0.0371. The summed E-state index contributed by atoms with van der Waals surface area (Å²) in [4.78, 5) is 7.45. The number of nitrogens with zero attached hydrogens (tertiary/aromatic N) is 3. The molecule has 0 amide bonds. The van der Waals surface area contributed by atoms with Crippen LogP contribution in [0.3, 0.4) is 0 Å². The zero-order chi connectivity index (χ0) is 13.1. The van der Waals surface area contributed by atoms with E-state index in [0.29, 0.717) is 12.1 Å². The Morgan fingerprint density at radius 3 is 2.39 bits per heavy atom. The van der Waals surface area contributed by atoms with Crippen molar-refractivity contribution in [3.05, 3.63) is 47.7 Å². The number of halogens is 3. The predicted octanol–water partition coefficient (Wildman–Crippen LogP) is 2.51. The first-order valence-electron chi connectivity index (χ1n) is 4.74. The molecular weight excluding hydrogens is 245 g/mol. The lowest BCUT2D eigenvalue weighted by Crippen LogP contribution is -2.01. The van der Waals surface area contributed by atoms with E-state index in [0.717, 1.165) is 0 Å². The molecule has 0 aliphatic rings. The summed E-state index contributed by atoms with van der Waals surface area (Å²) in [5, 5.41) is 11.1. The summed E-state index contributed by atoms with van der Waals surface area (Å²) in [6, 6.07) is 2.78. The van der Waals surface area contributed by atoms with Gasteiger partial charge in [0.15, 0.2) is 23.1 Å². The molecule has 1 aromatic carbocycles. The molecule has 1 aromatic heterocycles. The smallest absolute Gasteiger partial charge is 0.183 e. The lowest BCUT2D eigenvalue weighted by atomic mass is 10.2. The zero-order valence-corrected chi connectivity index (χ0v) is 8.78. The summed E-state index contributed by atoms with van der Waals surface area (Å²) in [5.74, 6) is -3.53. The molecule has 0 bridgehead atoms. The molecule has 90 valence electrons. The average molecular weight is 250 g/mol. The normalized spacial score (nSPS) is 9.89. The number of aromatic nitrogens is 2. The first kappa shape index (κ1) is 11.9. The van der Waals surface area contributed by atoms with E-state index in [4.69, 9.17) is 5.26 Å². The van der Waals surface area contributed by atoms with Gasteiger partial charge in [0.05, 0.1) is 5.69 Å². The van der Waals surface area contributed by atoms with Gasteiger partial charge in [-0.05, 0) is 0 Å². The molecule has 1 heterocycles.